The van der Waals surface area contributed by atoms with Crippen LogP contribution in [0.1, 0.15) is 23.0 Å². The van der Waals surface area contributed by atoms with Crippen molar-refractivity contribution in [1.82, 2.24) is 4.98 Å². The lowest BCUT2D eigenvalue weighted by Gasteiger charge is -2.04. The Labute approximate surface area is 92.9 Å². The van der Waals surface area contributed by atoms with Crippen LogP contribution in [0, 0.1) is 0 Å². The Morgan fingerprint density at radius 3 is 2.75 bits per heavy atom. The number of aromatic carboxylic acids is 1. The van der Waals surface area contributed by atoms with E-state index in [4.69, 9.17) is 9.84 Å². The lowest BCUT2D eigenvalue weighted by Crippen LogP contribution is -1.94. The van der Waals surface area contributed by atoms with Gasteiger partial charge in [-0.05, 0) is 30.2 Å². The van der Waals surface area contributed by atoms with Gasteiger partial charge in [-0.25, -0.2) is 4.79 Å². The van der Waals surface area contributed by atoms with Gasteiger partial charge in [0.05, 0.1) is 12.6 Å². The van der Waals surface area contributed by atoms with E-state index in [0.717, 1.165) is 22.9 Å². The summed E-state index contributed by atoms with van der Waals surface area (Å²) in [4.78, 5) is 13.7. The van der Waals surface area contributed by atoms with Gasteiger partial charge in [0.15, 0.2) is 0 Å². The molecule has 0 radical (unpaired) electrons. The molecule has 84 valence electrons. The highest BCUT2D eigenvalue weighted by atomic mass is 16.5. The second-order valence-electron chi connectivity index (χ2n) is 3.60. The van der Waals surface area contributed by atoms with Crippen molar-refractivity contribution in [3.63, 3.8) is 0 Å². The number of rotatable bonds is 3. The van der Waals surface area contributed by atoms with Crippen LogP contribution in [-0.2, 0) is 6.42 Å². The lowest BCUT2D eigenvalue weighted by atomic mass is 10.1. The van der Waals surface area contributed by atoms with Crippen LogP contribution < -0.4 is 4.74 Å². The van der Waals surface area contributed by atoms with Crippen LogP contribution >= 0.6 is 0 Å². The summed E-state index contributed by atoms with van der Waals surface area (Å²) in [5.74, 6) is -0.255. The van der Waals surface area contributed by atoms with Crippen molar-refractivity contribution in [2.24, 2.45) is 0 Å². The highest BCUT2D eigenvalue weighted by molar-refractivity contribution is 5.96. The van der Waals surface area contributed by atoms with Gasteiger partial charge in [0.1, 0.15) is 11.4 Å². The summed E-state index contributed by atoms with van der Waals surface area (Å²) in [5, 5.41) is 9.71. The molecule has 1 aromatic heterocycles. The Balaban J connectivity index is 2.69. The number of aryl methyl sites for hydroxylation is 1. The molecule has 0 saturated heterocycles. The molecule has 0 aliphatic heterocycles. The van der Waals surface area contributed by atoms with Crippen LogP contribution in [0.3, 0.4) is 0 Å². The Kier molecular flexibility index (Phi) is 2.56. The van der Waals surface area contributed by atoms with E-state index in [-0.39, 0.29) is 5.69 Å². The first-order valence-corrected chi connectivity index (χ1v) is 5.08. The zero-order chi connectivity index (χ0) is 11.7. The number of carboxylic acids is 1. The monoisotopic (exact) mass is 219 g/mol. The van der Waals surface area contributed by atoms with Gasteiger partial charge in [-0.3, -0.25) is 0 Å². The molecule has 4 heteroatoms. The van der Waals surface area contributed by atoms with Gasteiger partial charge < -0.3 is 14.8 Å². The normalized spacial score (nSPS) is 10.6. The van der Waals surface area contributed by atoms with Gasteiger partial charge >= 0.3 is 5.97 Å². The zero-order valence-electron chi connectivity index (χ0n) is 9.20. The van der Waals surface area contributed by atoms with Crippen LogP contribution in [0.5, 0.6) is 5.75 Å². The zero-order valence-corrected chi connectivity index (χ0v) is 9.20. The van der Waals surface area contributed by atoms with E-state index in [2.05, 4.69) is 4.98 Å². The quantitative estimate of drug-likeness (QED) is 0.833. The number of fused-ring (bicyclic) bond motifs is 1. The summed E-state index contributed by atoms with van der Waals surface area (Å²) >= 11 is 0. The van der Waals surface area contributed by atoms with Crippen molar-refractivity contribution in [2.45, 2.75) is 13.3 Å². The van der Waals surface area contributed by atoms with Crippen LogP contribution in [0.15, 0.2) is 18.2 Å². The first kappa shape index (κ1) is 10.5. The lowest BCUT2D eigenvalue weighted by molar-refractivity contribution is 0.0691. The van der Waals surface area contributed by atoms with Crippen molar-refractivity contribution in [3.8, 4) is 5.75 Å². The number of methoxy groups -OCH3 is 1. The van der Waals surface area contributed by atoms with E-state index in [1.54, 1.807) is 13.2 Å². The van der Waals surface area contributed by atoms with Crippen molar-refractivity contribution in [3.05, 3.63) is 29.5 Å². The van der Waals surface area contributed by atoms with Crippen LogP contribution in [0.25, 0.3) is 10.9 Å². The molecule has 0 saturated carbocycles. The molecule has 0 fully saturated rings. The van der Waals surface area contributed by atoms with Crippen LogP contribution in [0.2, 0.25) is 0 Å². The fourth-order valence-electron chi connectivity index (χ4n) is 1.75. The van der Waals surface area contributed by atoms with Crippen LogP contribution in [-0.4, -0.2) is 23.2 Å². The predicted molar refractivity (Wildman–Crippen MR) is 61.2 cm³/mol. The van der Waals surface area contributed by atoms with Gasteiger partial charge in [-0.2, -0.15) is 0 Å². The minimum absolute atomic E-state index is 0.182. The molecule has 0 spiro atoms. The fourth-order valence-corrected chi connectivity index (χ4v) is 1.75. The van der Waals surface area contributed by atoms with Gasteiger partial charge in [0, 0.05) is 5.39 Å². The number of carbonyl (C=O) groups is 1. The minimum atomic E-state index is -0.962. The minimum Gasteiger partial charge on any atom is -0.496 e. The molecule has 0 bridgehead atoms. The second kappa shape index (κ2) is 3.89. The molecule has 2 aromatic rings. The summed E-state index contributed by atoms with van der Waals surface area (Å²) in [5.41, 5.74) is 2.10. The number of benzene rings is 1. The highest BCUT2D eigenvalue weighted by Gasteiger charge is 2.11. The molecular weight excluding hydrogens is 206 g/mol. The van der Waals surface area contributed by atoms with Crippen LogP contribution in [0.4, 0.5) is 0 Å². The third kappa shape index (κ3) is 1.62. The largest absolute Gasteiger partial charge is 0.496 e. The number of hydrogen-bond acceptors (Lipinski definition) is 2. The standard InChI is InChI=1S/C12H13NO3/c1-3-7-4-9-8(11(5-7)16-2)6-10(13-9)12(14)15/h4-6,13H,3H2,1-2H3,(H,14,15). The summed E-state index contributed by atoms with van der Waals surface area (Å²) in [6.45, 7) is 2.04. The van der Waals surface area contributed by atoms with Crippen molar-refractivity contribution < 1.29 is 14.6 Å². The Bertz CT molecular complexity index is 542. The van der Waals surface area contributed by atoms with Gasteiger partial charge in [0.25, 0.3) is 0 Å². The average molecular weight is 219 g/mol. The molecule has 0 unspecified atom stereocenters. The van der Waals surface area contributed by atoms with Gasteiger partial charge in [-0.1, -0.05) is 6.92 Å². The fraction of sp³-hybridized carbons (Fsp3) is 0.250. The van der Waals surface area contributed by atoms with E-state index in [1.807, 2.05) is 19.1 Å². The van der Waals surface area contributed by atoms with Crippen molar-refractivity contribution >= 4 is 16.9 Å². The number of aromatic nitrogens is 1. The summed E-state index contributed by atoms with van der Waals surface area (Å²) in [6.07, 6.45) is 0.883. The third-order valence-electron chi connectivity index (χ3n) is 2.62. The number of hydrogen-bond donors (Lipinski definition) is 2. The number of H-pyrrole nitrogens is 1. The smallest absolute Gasteiger partial charge is 0.352 e. The molecule has 0 atom stereocenters. The Hall–Kier alpha value is -1.97. The molecule has 0 aliphatic carbocycles. The second-order valence-corrected chi connectivity index (χ2v) is 3.60. The van der Waals surface area contributed by atoms with Gasteiger partial charge in [0.2, 0.25) is 0 Å². The molecule has 1 aromatic carbocycles. The maximum Gasteiger partial charge on any atom is 0.352 e. The summed E-state index contributed by atoms with van der Waals surface area (Å²) in [7, 11) is 1.58. The molecule has 0 amide bonds. The van der Waals surface area contributed by atoms with E-state index in [0.29, 0.717) is 5.75 Å². The maximum atomic E-state index is 10.9. The van der Waals surface area contributed by atoms with Crippen molar-refractivity contribution in [2.75, 3.05) is 7.11 Å². The molecule has 16 heavy (non-hydrogen) atoms. The van der Waals surface area contributed by atoms with Crippen molar-refractivity contribution in [1.29, 1.82) is 0 Å². The first-order chi connectivity index (χ1) is 7.65. The van der Waals surface area contributed by atoms with Gasteiger partial charge in [-0.15, -0.1) is 0 Å². The molecule has 1 heterocycles. The summed E-state index contributed by atoms with van der Waals surface area (Å²) in [6, 6.07) is 5.47. The Morgan fingerprint density at radius 2 is 2.19 bits per heavy atom. The number of ether oxygens (including phenoxy) is 1. The molecule has 0 aliphatic rings. The topological polar surface area (TPSA) is 62.3 Å². The van der Waals surface area contributed by atoms with E-state index in [9.17, 15) is 4.79 Å². The maximum absolute atomic E-state index is 10.9. The SMILES string of the molecule is CCc1cc(OC)c2cc(C(=O)O)[nH]c2c1. The number of aromatic amines is 1. The van der Waals surface area contributed by atoms with E-state index in [1.165, 1.54) is 0 Å². The Morgan fingerprint density at radius 1 is 1.44 bits per heavy atom. The molecule has 4 nitrogen and oxygen atoms in total. The number of carboxylic acid groups (broad SMARTS) is 1. The number of nitrogens with one attached hydrogen (secondary N) is 1. The first-order valence-electron chi connectivity index (χ1n) is 5.08. The average Bonchev–Trinajstić information content (AvgIpc) is 2.71. The molecular formula is C12H13NO3. The summed E-state index contributed by atoms with van der Waals surface area (Å²) < 4.78 is 5.25. The van der Waals surface area contributed by atoms with E-state index < -0.39 is 5.97 Å². The third-order valence-corrected chi connectivity index (χ3v) is 2.62. The predicted octanol–water partition coefficient (Wildman–Crippen LogP) is 2.44. The molecule has 2 rings (SSSR count). The van der Waals surface area contributed by atoms with E-state index >= 15 is 0 Å². The molecule has 2 N–H and O–H groups in total. The highest BCUT2D eigenvalue weighted by Crippen LogP contribution is 2.28.